The number of pyridine rings is 1. The summed E-state index contributed by atoms with van der Waals surface area (Å²) < 4.78 is 13.3. The largest absolute Gasteiger partial charge is 0.481 e. The molecule has 1 aliphatic carbocycles. The molecule has 4 atom stereocenters. The number of methoxy groups -OCH3 is 2. The van der Waals surface area contributed by atoms with Crippen LogP contribution in [0.5, 0.6) is 5.88 Å². The van der Waals surface area contributed by atoms with Crippen molar-refractivity contribution in [3.8, 4) is 5.88 Å². The number of fused-ring (bicyclic) bond motifs is 1. The van der Waals surface area contributed by atoms with E-state index >= 15 is 0 Å². The van der Waals surface area contributed by atoms with Crippen LogP contribution in [0.15, 0.2) is 36.8 Å². The van der Waals surface area contributed by atoms with E-state index in [1.54, 1.807) is 13.3 Å². The minimum Gasteiger partial charge on any atom is -0.481 e. The highest BCUT2D eigenvalue weighted by atomic mass is 16.5. The summed E-state index contributed by atoms with van der Waals surface area (Å²) >= 11 is 0. The fourth-order valence-electron chi connectivity index (χ4n) is 4.59. The van der Waals surface area contributed by atoms with Gasteiger partial charge in [0, 0.05) is 50.9 Å². The highest BCUT2D eigenvalue weighted by Crippen LogP contribution is 2.42. The third kappa shape index (κ3) is 3.28. The molecule has 3 heterocycles. The van der Waals surface area contributed by atoms with Crippen molar-refractivity contribution in [1.82, 2.24) is 19.7 Å². The Morgan fingerprint density at radius 1 is 1.12 bits per heavy atom. The van der Waals surface area contributed by atoms with Crippen molar-refractivity contribution in [3.63, 3.8) is 0 Å². The van der Waals surface area contributed by atoms with Crippen molar-refractivity contribution in [3.05, 3.63) is 42.4 Å². The molecule has 0 N–H and O–H groups in total. The fourth-order valence-corrected chi connectivity index (χ4v) is 4.59. The van der Waals surface area contributed by atoms with Gasteiger partial charge in [-0.25, -0.2) is 4.98 Å². The monoisotopic (exact) mass is 342 g/mol. The molecule has 6 heteroatoms. The van der Waals surface area contributed by atoms with Crippen LogP contribution in [0.25, 0.3) is 0 Å². The molecule has 0 bridgehead atoms. The minimum absolute atomic E-state index is 0.244. The predicted molar refractivity (Wildman–Crippen MR) is 94.3 cm³/mol. The van der Waals surface area contributed by atoms with Gasteiger partial charge in [-0.2, -0.15) is 5.10 Å². The summed E-state index contributed by atoms with van der Waals surface area (Å²) in [4.78, 5) is 6.86. The third-order valence-electron chi connectivity index (χ3n) is 5.77. The lowest BCUT2D eigenvalue weighted by atomic mass is 9.77. The second kappa shape index (κ2) is 7.14. The second-order valence-corrected chi connectivity index (χ2v) is 7.19. The first-order valence-electron chi connectivity index (χ1n) is 9.00. The Bertz CT molecular complexity index is 690. The van der Waals surface area contributed by atoms with Gasteiger partial charge in [-0.3, -0.25) is 9.58 Å². The van der Waals surface area contributed by atoms with Crippen molar-refractivity contribution in [2.75, 3.05) is 27.3 Å². The lowest BCUT2D eigenvalue weighted by Crippen LogP contribution is -2.37. The Balaban J connectivity index is 1.46. The molecule has 0 aromatic carbocycles. The van der Waals surface area contributed by atoms with Crippen molar-refractivity contribution in [2.45, 2.75) is 31.5 Å². The number of rotatable bonds is 5. The SMILES string of the molecule is COc1ncccc1CN1C[C@H]2C[C@H](OC)[C@@H](n3cccn3)C[C@H]2C1. The molecule has 2 aliphatic rings. The van der Waals surface area contributed by atoms with Gasteiger partial charge in [0.05, 0.1) is 19.3 Å². The molecule has 2 fully saturated rings. The number of likely N-dealkylation sites (tertiary alicyclic amines) is 1. The molecule has 1 saturated carbocycles. The lowest BCUT2D eigenvalue weighted by molar-refractivity contribution is -0.00486. The van der Waals surface area contributed by atoms with Gasteiger partial charge < -0.3 is 9.47 Å². The summed E-state index contributed by atoms with van der Waals surface area (Å²) in [6.07, 6.45) is 8.18. The van der Waals surface area contributed by atoms with E-state index in [-0.39, 0.29) is 6.10 Å². The van der Waals surface area contributed by atoms with E-state index in [9.17, 15) is 0 Å². The van der Waals surface area contributed by atoms with Gasteiger partial charge in [0.2, 0.25) is 5.88 Å². The molecule has 0 amide bonds. The molecule has 134 valence electrons. The quantitative estimate of drug-likeness (QED) is 0.835. The Morgan fingerprint density at radius 2 is 1.96 bits per heavy atom. The zero-order chi connectivity index (χ0) is 17.2. The van der Waals surface area contributed by atoms with Gasteiger partial charge in [-0.1, -0.05) is 6.07 Å². The summed E-state index contributed by atoms with van der Waals surface area (Å²) in [5.41, 5.74) is 1.16. The fraction of sp³-hybridized carbons (Fsp3) is 0.579. The van der Waals surface area contributed by atoms with Crippen LogP contribution in [0, 0.1) is 11.8 Å². The molecule has 6 nitrogen and oxygen atoms in total. The number of hydrogen-bond donors (Lipinski definition) is 0. The van der Waals surface area contributed by atoms with E-state index < -0.39 is 0 Å². The smallest absolute Gasteiger partial charge is 0.217 e. The average Bonchev–Trinajstić information content (AvgIpc) is 3.30. The average molecular weight is 342 g/mol. The molecule has 0 radical (unpaired) electrons. The zero-order valence-corrected chi connectivity index (χ0v) is 14.9. The Morgan fingerprint density at radius 3 is 2.68 bits per heavy atom. The van der Waals surface area contributed by atoms with Crippen molar-refractivity contribution < 1.29 is 9.47 Å². The standard InChI is InChI=1S/C19H26N4O2/c1-24-18-10-16-13-22(11-14-5-3-6-20-19(14)25-2)12-15(16)9-17(18)23-8-4-7-21-23/h3-8,15-18H,9-13H2,1-2H3/t15-,16+,17-,18-/m0/s1. The van der Waals surface area contributed by atoms with Crippen LogP contribution >= 0.6 is 0 Å². The van der Waals surface area contributed by atoms with Crippen molar-refractivity contribution in [2.24, 2.45) is 11.8 Å². The van der Waals surface area contributed by atoms with E-state index in [2.05, 4.69) is 31.9 Å². The highest BCUT2D eigenvalue weighted by Gasteiger charge is 2.43. The highest BCUT2D eigenvalue weighted by molar-refractivity contribution is 5.25. The predicted octanol–water partition coefficient (Wildman–Crippen LogP) is 2.38. The summed E-state index contributed by atoms with van der Waals surface area (Å²) in [6, 6.07) is 6.43. The van der Waals surface area contributed by atoms with E-state index in [0.717, 1.165) is 43.9 Å². The number of nitrogens with zero attached hydrogens (tertiary/aromatic N) is 4. The second-order valence-electron chi connectivity index (χ2n) is 7.19. The first-order chi connectivity index (χ1) is 12.3. The van der Waals surface area contributed by atoms with Crippen LogP contribution in [0.3, 0.4) is 0 Å². The Kier molecular flexibility index (Phi) is 4.72. The van der Waals surface area contributed by atoms with Gasteiger partial charge in [0.25, 0.3) is 0 Å². The van der Waals surface area contributed by atoms with E-state index in [1.807, 2.05) is 25.4 Å². The number of aromatic nitrogens is 3. The van der Waals surface area contributed by atoms with Crippen LogP contribution in [-0.4, -0.2) is 53.1 Å². The summed E-state index contributed by atoms with van der Waals surface area (Å²) in [5.74, 6) is 2.13. The van der Waals surface area contributed by atoms with Gasteiger partial charge in [-0.05, 0) is 36.8 Å². The number of ether oxygens (including phenoxy) is 2. The van der Waals surface area contributed by atoms with Crippen LogP contribution in [0.2, 0.25) is 0 Å². The van der Waals surface area contributed by atoms with Crippen molar-refractivity contribution in [1.29, 1.82) is 0 Å². The molecular formula is C19H26N4O2. The maximum atomic E-state index is 5.82. The molecule has 4 rings (SSSR count). The molecule has 1 aliphatic heterocycles. The normalized spacial score (nSPS) is 29.5. The summed E-state index contributed by atoms with van der Waals surface area (Å²) in [6.45, 7) is 3.14. The molecule has 2 aromatic rings. The minimum atomic E-state index is 0.244. The van der Waals surface area contributed by atoms with Gasteiger partial charge in [0.15, 0.2) is 0 Å². The molecule has 25 heavy (non-hydrogen) atoms. The maximum absolute atomic E-state index is 5.82. The number of hydrogen-bond acceptors (Lipinski definition) is 5. The third-order valence-corrected chi connectivity index (χ3v) is 5.77. The summed E-state index contributed by atoms with van der Waals surface area (Å²) in [5, 5.41) is 4.46. The van der Waals surface area contributed by atoms with E-state index in [0.29, 0.717) is 17.9 Å². The first kappa shape index (κ1) is 16.5. The molecule has 2 aromatic heterocycles. The van der Waals surface area contributed by atoms with Gasteiger partial charge >= 0.3 is 0 Å². The summed E-state index contributed by atoms with van der Waals surface area (Å²) in [7, 11) is 3.52. The topological polar surface area (TPSA) is 52.4 Å². The van der Waals surface area contributed by atoms with Gasteiger partial charge in [-0.15, -0.1) is 0 Å². The van der Waals surface area contributed by atoms with E-state index in [1.165, 1.54) is 0 Å². The maximum Gasteiger partial charge on any atom is 0.217 e. The molecule has 0 spiro atoms. The van der Waals surface area contributed by atoms with Crippen LogP contribution in [-0.2, 0) is 11.3 Å². The Labute approximate surface area is 148 Å². The first-order valence-corrected chi connectivity index (χ1v) is 9.00. The van der Waals surface area contributed by atoms with Crippen molar-refractivity contribution >= 4 is 0 Å². The van der Waals surface area contributed by atoms with Crippen LogP contribution < -0.4 is 4.74 Å². The van der Waals surface area contributed by atoms with E-state index in [4.69, 9.17) is 9.47 Å². The van der Waals surface area contributed by atoms with Crippen LogP contribution in [0.4, 0.5) is 0 Å². The van der Waals surface area contributed by atoms with Crippen LogP contribution in [0.1, 0.15) is 24.4 Å². The molecule has 0 unspecified atom stereocenters. The molecular weight excluding hydrogens is 316 g/mol. The van der Waals surface area contributed by atoms with Gasteiger partial charge in [0.1, 0.15) is 0 Å². The lowest BCUT2D eigenvalue weighted by Gasteiger charge is -2.37. The zero-order valence-electron chi connectivity index (χ0n) is 14.9. The Hall–Kier alpha value is -1.92. The molecule has 1 saturated heterocycles.